The standard InChI is InChI=1S/C15H17N3O/c1-2-4-13-11(3-1)5-6-14-16-17-15(18(13)14)12-7-9-19-10-8-12/h1-4,12H,5-10H2. The molecule has 0 radical (unpaired) electrons. The van der Waals surface area contributed by atoms with E-state index in [2.05, 4.69) is 39.0 Å². The number of aryl methyl sites for hydroxylation is 2. The van der Waals surface area contributed by atoms with Crippen LogP contribution in [-0.2, 0) is 17.6 Å². The first-order valence-corrected chi connectivity index (χ1v) is 7.04. The van der Waals surface area contributed by atoms with Crippen LogP contribution in [0.4, 0.5) is 0 Å². The summed E-state index contributed by atoms with van der Waals surface area (Å²) in [7, 11) is 0. The molecule has 19 heavy (non-hydrogen) atoms. The molecule has 4 nitrogen and oxygen atoms in total. The highest BCUT2D eigenvalue weighted by atomic mass is 16.5. The molecule has 2 aliphatic heterocycles. The third-order valence-electron chi connectivity index (χ3n) is 4.19. The van der Waals surface area contributed by atoms with Crippen LogP contribution in [0.25, 0.3) is 5.69 Å². The summed E-state index contributed by atoms with van der Waals surface area (Å²) < 4.78 is 7.74. The van der Waals surface area contributed by atoms with Crippen molar-refractivity contribution in [2.75, 3.05) is 13.2 Å². The zero-order valence-corrected chi connectivity index (χ0v) is 10.9. The molecule has 0 aliphatic carbocycles. The molecule has 0 atom stereocenters. The van der Waals surface area contributed by atoms with Crippen molar-refractivity contribution in [2.45, 2.75) is 31.6 Å². The number of hydrogen-bond acceptors (Lipinski definition) is 3. The van der Waals surface area contributed by atoms with E-state index >= 15 is 0 Å². The van der Waals surface area contributed by atoms with Gasteiger partial charge < -0.3 is 4.74 Å². The summed E-state index contributed by atoms with van der Waals surface area (Å²) in [4.78, 5) is 0. The van der Waals surface area contributed by atoms with Crippen LogP contribution in [0, 0.1) is 0 Å². The number of aromatic nitrogens is 3. The second-order valence-corrected chi connectivity index (χ2v) is 5.33. The minimum Gasteiger partial charge on any atom is -0.381 e. The fourth-order valence-corrected chi connectivity index (χ4v) is 3.16. The summed E-state index contributed by atoms with van der Waals surface area (Å²) in [6.07, 6.45) is 4.18. The molecule has 1 saturated heterocycles. The Bertz CT molecular complexity index is 599. The Morgan fingerprint density at radius 1 is 1.05 bits per heavy atom. The number of ether oxygens (including phenoxy) is 1. The van der Waals surface area contributed by atoms with E-state index in [1.54, 1.807) is 0 Å². The molecule has 0 amide bonds. The molecule has 4 rings (SSSR count). The Balaban J connectivity index is 1.82. The summed E-state index contributed by atoms with van der Waals surface area (Å²) in [5.41, 5.74) is 2.68. The number of nitrogens with zero attached hydrogens (tertiary/aromatic N) is 3. The first-order chi connectivity index (χ1) is 9.43. The number of rotatable bonds is 1. The lowest BCUT2D eigenvalue weighted by Gasteiger charge is -2.25. The molecule has 4 heteroatoms. The maximum absolute atomic E-state index is 5.45. The van der Waals surface area contributed by atoms with Crippen molar-refractivity contribution < 1.29 is 4.74 Å². The van der Waals surface area contributed by atoms with E-state index in [-0.39, 0.29) is 0 Å². The topological polar surface area (TPSA) is 39.9 Å². The van der Waals surface area contributed by atoms with Crippen LogP contribution < -0.4 is 0 Å². The van der Waals surface area contributed by atoms with E-state index in [1.807, 2.05) is 0 Å². The molecule has 2 aromatic rings. The van der Waals surface area contributed by atoms with Gasteiger partial charge in [-0.15, -0.1) is 10.2 Å². The number of benzene rings is 1. The third kappa shape index (κ3) is 1.78. The van der Waals surface area contributed by atoms with E-state index in [0.29, 0.717) is 5.92 Å². The van der Waals surface area contributed by atoms with Gasteiger partial charge in [0.05, 0.1) is 5.69 Å². The normalized spacial score (nSPS) is 18.9. The van der Waals surface area contributed by atoms with Gasteiger partial charge in [0.25, 0.3) is 0 Å². The summed E-state index contributed by atoms with van der Waals surface area (Å²) in [5.74, 6) is 2.73. The zero-order valence-electron chi connectivity index (χ0n) is 10.9. The van der Waals surface area contributed by atoms with Gasteiger partial charge in [0, 0.05) is 25.6 Å². The van der Waals surface area contributed by atoms with Crippen LogP contribution in [0.5, 0.6) is 0 Å². The van der Waals surface area contributed by atoms with Crippen molar-refractivity contribution in [2.24, 2.45) is 0 Å². The first kappa shape index (κ1) is 11.2. The monoisotopic (exact) mass is 255 g/mol. The second kappa shape index (κ2) is 4.46. The Morgan fingerprint density at radius 3 is 2.79 bits per heavy atom. The van der Waals surface area contributed by atoms with Crippen molar-refractivity contribution in [3.8, 4) is 5.69 Å². The molecular weight excluding hydrogens is 238 g/mol. The van der Waals surface area contributed by atoms with Gasteiger partial charge in [0.15, 0.2) is 0 Å². The molecule has 0 N–H and O–H groups in total. The Morgan fingerprint density at radius 2 is 1.89 bits per heavy atom. The lowest BCUT2D eigenvalue weighted by Crippen LogP contribution is -2.20. The smallest absolute Gasteiger partial charge is 0.140 e. The summed E-state index contributed by atoms with van der Waals surface area (Å²) >= 11 is 0. The maximum atomic E-state index is 5.45. The van der Waals surface area contributed by atoms with E-state index < -0.39 is 0 Å². The van der Waals surface area contributed by atoms with Crippen molar-refractivity contribution >= 4 is 0 Å². The van der Waals surface area contributed by atoms with Gasteiger partial charge in [-0.3, -0.25) is 4.57 Å². The molecule has 1 aromatic heterocycles. The predicted octanol–water partition coefficient (Wildman–Crippen LogP) is 2.26. The molecule has 0 spiro atoms. The van der Waals surface area contributed by atoms with Crippen LogP contribution >= 0.6 is 0 Å². The molecule has 2 aliphatic rings. The summed E-state index contributed by atoms with van der Waals surface area (Å²) in [6, 6.07) is 8.61. The van der Waals surface area contributed by atoms with Gasteiger partial charge in [-0.1, -0.05) is 18.2 Å². The highest BCUT2D eigenvalue weighted by Crippen LogP contribution is 2.31. The van der Waals surface area contributed by atoms with Crippen LogP contribution in [0.15, 0.2) is 24.3 Å². The number of fused-ring (bicyclic) bond motifs is 3. The van der Waals surface area contributed by atoms with Crippen LogP contribution in [0.2, 0.25) is 0 Å². The average Bonchev–Trinajstić information content (AvgIpc) is 2.92. The highest BCUT2D eigenvalue weighted by molar-refractivity contribution is 5.45. The Labute approximate surface area is 112 Å². The first-order valence-electron chi connectivity index (χ1n) is 7.04. The third-order valence-corrected chi connectivity index (χ3v) is 4.19. The molecule has 98 valence electrons. The Hall–Kier alpha value is -1.68. The summed E-state index contributed by atoms with van der Waals surface area (Å²) in [6.45, 7) is 1.68. The van der Waals surface area contributed by atoms with E-state index in [4.69, 9.17) is 4.74 Å². The molecule has 0 unspecified atom stereocenters. The van der Waals surface area contributed by atoms with Crippen LogP contribution in [-0.4, -0.2) is 28.0 Å². The lowest BCUT2D eigenvalue weighted by molar-refractivity contribution is 0.0832. The van der Waals surface area contributed by atoms with Gasteiger partial charge in [0.2, 0.25) is 0 Å². The molecule has 1 fully saturated rings. The zero-order chi connectivity index (χ0) is 12.7. The van der Waals surface area contributed by atoms with E-state index in [9.17, 15) is 0 Å². The second-order valence-electron chi connectivity index (χ2n) is 5.33. The van der Waals surface area contributed by atoms with Crippen LogP contribution in [0.3, 0.4) is 0 Å². The van der Waals surface area contributed by atoms with Gasteiger partial charge >= 0.3 is 0 Å². The molecular formula is C15H17N3O. The Kier molecular flexibility index (Phi) is 2.62. The minimum atomic E-state index is 0.487. The average molecular weight is 255 g/mol. The maximum Gasteiger partial charge on any atom is 0.140 e. The summed E-state index contributed by atoms with van der Waals surface area (Å²) in [5, 5.41) is 8.88. The lowest BCUT2D eigenvalue weighted by atomic mass is 9.97. The molecule has 0 saturated carbocycles. The number of hydrogen-bond donors (Lipinski definition) is 0. The fraction of sp³-hybridized carbons (Fsp3) is 0.467. The van der Waals surface area contributed by atoms with Crippen LogP contribution in [0.1, 0.15) is 36.0 Å². The molecule has 3 heterocycles. The van der Waals surface area contributed by atoms with Crippen molar-refractivity contribution in [3.63, 3.8) is 0 Å². The fourth-order valence-electron chi connectivity index (χ4n) is 3.16. The number of para-hydroxylation sites is 1. The van der Waals surface area contributed by atoms with Crippen molar-refractivity contribution in [1.29, 1.82) is 0 Å². The molecule has 1 aromatic carbocycles. The van der Waals surface area contributed by atoms with Gasteiger partial charge in [0.1, 0.15) is 11.6 Å². The van der Waals surface area contributed by atoms with Crippen molar-refractivity contribution in [1.82, 2.24) is 14.8 Å². The van der Waals surface area contributed by atoms with Crippen molar-refractivity contribution in [3.05, 3.63) is 41.5 Å². The highest BCUT2D eigenvalue weighted by Gasteiger charge is 2.27. The molecule has 0 bridgehead atoms. The van der Waals surface area contributed by atoms with E-state index in [0.717, 1.165) is 50.5 Å². The minimum absolute atomic E-state index is 0.487. The quantitative estimate of drug-likeness (QED) is 0.784. The SMILES string of the molecule is c1ccc2c(c1)CCc1nnc(C3CCOCC3)n1-2. The van der Waals surface area contributed by atoms with Gasteiger partial charge in [-0.2, -0.15) is 0 Å². The van der Waals surface area contributed by atoms with Gasteiger partial charge in [-0.25, -0.2) is 0 Å². The largest absolute Gasteiger partial charge is 0.381 e. The predicted molar refractivity (Wildman–Crippen MR) is 71.6 cm³/mol. The van der Waals surface area contributed by atoms with Gasteiger partial charge in [-0.05, 0) is 30.9 Å². The van der Waals surface area contributed by atoms with E-state index in [1.165, 1.54) is 11.3 Å².